The Kier molecular flexibility index (Phi) is 3.39. The van der Waals surface area contributed by atoms with Gasteiger partial charge in [0.1, 0.15) is 7.85 Å². The van der Waals surface area contributed by atoms with Gasteiger partial charge in [0.15, 0.2) is 0 Å². The van der Waals surface area contributed by atoms with E-state index in [0.29, 0.717) is 5.92 Å². The zero-order valence-electron chi connectivity index (χ0n) is 7.47. The van der Waals surface area contributed by atoms with Crippen molar-refractivity contribution in [2.75, 3.05) is 0 Å². The van der Waals surface area contributed by atoms with Gasteiger partial charge in [0.05, 0.1) is 0 Å². The van der Waals surface area contributed by atoms with Crippen molar-refractivity contribution in [2.24, 2.45) is 5.92 Å². The molecule has 2 radical (unpaired) electrons. The van der Waals surface area contributed by atoms with Gasteiger partial charge in [-0.25, -0.2) is 0 Å². The first-order valence-electron chi connectivity index (χ1n) is 4.13. The van der Waals surface area contributed by atoms with Crippen LogP contribution < -0.4 is 5.46 Å². The molecule has 0 unspecified atom stereocenters. The Labute approximate surface area is 83.9 Å². The maximum atomic E-state index is 5.71. The SMILES string of the molecule is [B]c1cc(Br)cc(CC(C)C)c1. The summed E-state index contributed by atoms with van der Waals surface area (Å²) in [4.78, 5) is 0. The second-order valence-electron chi connectivity index (χ2n) is 3.49. The first-order valence-corrected chi connectivity index (χ1v) is 4.92. The van der Waals surface area contributed by atoms with E-state index >= 15 is 0 Å². The second-order valence-corrected chi connectivity index (χ2v) is 4.41. The molecule has 1 rings (SSSR count). The Hall–Kier alpha value is -0.235. The van der Waals surface area contributed by atoms with Crippen molar-refractivity contribution in [1.82, 2.24) is 0 Å². The van der Waals surface area contributed by atoms with E-state index in [-0.39, 0.29) is 0 Å². The largest absolute Gasteiger partial charge is 0.113 e. The third-order valence-corrected chi connectivity index (χ3v) is 2.08. The molecule has 0 bridgehead atoms. The van der Waals surface area contributed by atoms with Crippen molar-refractivity contribution in [3.8, 4) is 0 Å². The van der Waals surface area contributed by atoms with E-state index in [1.165, 1.54) is 5.56 Å². The number of rotatable bonds is 2. The van der Waals surface area contributed by atoms with Gasteiger partial charge < -0.3 is 0 Å². The highest BCUT2D eigenvalue weighted by Crippen LogP contribution is 2.13. The van der Waals surface area contributed by atoms with Crippen LogP contribution in [0.2, 0.25) is 0 Å². The van der Waals surface area contributed by atoms with Gasteiger partial charge in [-0.05, 0) is 24.0 Å². The first kappa shape index (κ1) is 9.85. The Bertz CT molecular complexity index is 248. The van der Waals surface area contributed by atoms with Crippen LogP contribution in [-0.4, -0.2) is 7.85 Å². The van der Waals surface area contributed by atoms with Crippen molar-refractivity contribution in [3.63, 3.8) is 0 Å². The summed E-state index contributed by atoms with van der Waals surface area (Å²) in [5.41, 5.74) is 2.14. The molecule has 0 nitrogen and oxygen atoms in total. The van der Waals surface area contributed by atoms with E-state index in [9.17, 15) is 0 Å². The lowest BCUT2D eigenvalue weighted by Crippen LogP contribution is -2.05. The summed E-state index contributed by atoms with van der Waals surface area (Å²) in [5, 5.41) is 0. The maximum absolute atomic E-state index is 5.71. The minimum absolute atomic E-state index is 0.679. The molecule has 2 heteroatoms. The number of hydrogen-bond donors (Lipinski definition) is 0. The van der Waals surface area contributed by atoms with Gasteiger partial charge in [-0.2, -0.15) is 0 Å². The number of benzene rings is 1. The molecule has 0 saturated carbocycles. The minimum Gasteiger partial charge on any atom is -0.0953 e. The fourth-order valence-corrected chi connectivity index (χ4v) is 1.82. The molecule has 12 heavy (non-hydrogen) atoms. The molecule has 0 atom stereocenters. The quantitative estimate of drug-likeness (QED) is 0.675. The highest BCUT2D eigenvalue weighted by atomic mass is 79.9. The van der Waals surface area contributed by atoms with Crippen LogP contribution in [0, 0.1) is 5.92 Å². The predicted molar refractivity (Wildman–Crippen MR) is 58.1 cm³/mol. The molecule has 0 aliphatic carbocycles. The zero-order valence-corrected chi connectivity index (χ0v) is 9.06. The zero-order chi connectivity index (χ0) is 9.14. The molecule has 0 N–H and O–H groups in total. The van der Waals surface area contributed by atoms with Crippen molar-refractivity contribution < 1.29 is 0 Å². The van der Waals surface area contributed by atoms with Crippen LogP contribution in [0.25, 0.3) is 0 Å². The van der Waals surface area contributed by atoms with E-state index < -0.39 is 0 Å². The third kappa shape index (κ3) is 3.02. The fourth-order valence-electron chi connectivity index (χ4n) is 1.26. The molecule has 1 aromatic rings. The Balaban J connectivity index is 2.85. The molecule has 0 spiro atoms. The second kappa shape index (κ2) is 4.13. The standard InChI is InChI=1S/C10H12BBr/c1-7(2)3-8-4-9(11)6-10(12)5-8/h4-7H,3H2,1-2H3. The molecule has 0 saturated heterocycles. The van der Waals surface area contributed by atoms with Crippen LogP contribution in [0.15, 0.2) is 22.7 Å². The van der Waals surface area contributed by atoms with Crippen LogP contribution in [0.5, 0.6) is 0 Å². The molecular weight excluding hydrogens is 211 g/mol. The van der Waals surface area contributed by atoms with E-state index in [1.54, 1.807) is 0 Å². The normalized spacial score (nSPS) is 10.7. The van der Waals surface area contributed by atoms with Crippen LogP contribution in [-0.2, 0) is 6.42 Å². The van der Waals surface area contributed by atoms with Gasteiger partial charge in [-0.15, -0.1) is 0 Å². The van der Waals surface area contributed by atoms with Crippen molar-refractivity contribution in [1.29, 1.82) is 0 Å². The highest BCUT2D eigenvalue weighted by Gasteiger charge is 1.99. The van der Waals surface area contributed by atoms with Gasteiger partial charge in [0, 0.05) is 4.47 Å². The van der Waals surface area contributed by atoms with Gasteiger partial charge in [0.2, 0.25) is 0 Å². The van der Waals surface area contributed by atoms with Crippen LogP contribution in [0.3, 0.4) is 0 Å². The molecule has 0 aromatic heterocycles. The summed E-state index contributed by atoms with van der Waals surface area (Å²) < 4.78 is 1.07. The lowest BCUT2D eigenvalue weighted by atomic mass is 9.92. The van der Waals surface area contributed by atoms with Gasteiger partial charge in [-0.3, -0.25) is 0 Å². The summed E-state index contributed by atoms with van der Waals surface area (Å²) in [5.74, 6) is 0.679. The Morgan fingerprint density at radius 1 is 1.33 bits per heavy atom. The lowest BCUT2D eigenvalue weighted by Gasteiger charge is -2.06. The average Bonchev–Trinajstić information content (AvgIpc) is 1.81. The van der Waals surface area contributed by atoms with Crippen molar-refractivity contribution in [2.45, 2.75) is 20.3 Å². The maximum Gasteiger partial charge on any atom is 0.113 e. The fraction of sp³-hybridized carbons (Fsp3) is 0.400. The minimum atomic E-state index is 0.679. The summed E-state index contributed by atoms with van der Waals surface area (Å²) >= 11 is 3.42. The first-order chi connectivity index (χ1) is 5.58. The molecule has 0 heterocycles. The van der Waals surface area contributed by atoms with E-state index in [1.807, 2.05) is 12.1 Å². The number of hydrogen-bond acceptors (Lipinski definition) is 0. The van der Waals surface area contributed by atoms with Gasteiger partial charge in [-0.1, -0.05) is 47.4 Å². The molecule has 0 amide bonds. The number of halogens is 1. The molecule has 0 aliphatic heterocycles. The third-order valence-electron chi connectivity index (χ3n) is 1.62. The molecule has 0 aliphatic rings. The lowest BCUT2D eigenvalue weighted by molar-refractivity contribution is 0.647. The summed E-state index contributed by atoms with van der Waals surface area (Å²) in [6.45, 7) is 4.41. The highest BCUT2D eigenvalue weighted by molar-refractivity contribution is 9.10. The molecule has 1 aromatic carbocycles. The summed E-state index contributed by atoms with van der Waals surface area (Å²) in [6.07, 6.45) is 1.09. The van der Waals surface area contributed by atoms with Crippen LogP contribution in [0.4, 0.5) is 0 Å². The smallest absolute Gasteiger partial charge is 0.0953 e. The van der Waals surface area contributed by atoms with Gasteiger partial charge >= 0.3 is 0 Å². The summed E-state index contributed by atoms with van der Waals surface area (Å²) in [7, 11) is 5.71. The van der Waals surface area contributed by atoms with E-state index in [2.05, 4.69) is 35.8 Å². The monoisotopic (exact) mass is 222 g/mol. The van der Waals surface area contributed by atoms with Gasteiger partial charge in [0.25, 0.3) is 0 Å². The molecule has 0 fully saturated rings. The van der Waals surface area contributed by atoms with Crippen LogP contribution >= 0.6 is 15.9 Å². The summed E-state index contributed by atoms with van der Waals surface area (Å²) in [6, 6.07) is 6.07. The Morgan fingerprint density at radius 2 is 2.00 bits per heavy atom. The topological polar surface area (TPSA) is 0 Å². The van der Waals surface area contributed by atoms with E-state index in [4.69, 9.17) is 7.85 Å². The van der Waals surface area contributed by atoms with Crippen molar-refractivity contribution in [3.05, 3.63) is 28.2 Å². The Morgan fingerprint density at radius 3 is 2.50 bits per heavy atom. The van der Waals surface area contributed by atoms with Crippen molar-refractivity contribution >= 4 is 29.2 Å². The molecular formula is C10H12BBr. The average molecular weight is 223 g/mol. The van der Waals surface area contributed by atoms with Crippen LogP contribution in [0.1, 0.15) is 19.4 Å². The van der Waals surface area contributed by atoms with E-state index in [0.717, 1.165) is 16.4 Å². The molecule has 62 valence electrons. The predicted octanol–water partition coefficient (Wildman–Crippen LogP) is 2.44.